The minimum atomic E-state index is -0.483. The molecule has 0 radical (unpaired) electrons. The zero-order chi connectivity index (χ0) is 13.1. The van der Waals surface area contributed by atoms with Crippen molar-refractivity contribution in [3.05, 3.63) is 63.1 Å². The van der Waals surface area contributed by atoms with Gasteiger partial charge in [-0.1, -0.05) is 23.7 Å². The average Bonchev–Trinajstić information content (AvgIpc) is 2.35. The number of pyridine rings is 1. The average molecular weight is 331 g/mol. The van der Waals surface area contributed by atoms with Crippen LogP contribution in [0.15, 0.2) is 41.0 Å². The predicted molar refractivity (Wildman–Crippen MR) is 72.5 cm³/mol. The normalized spacial score (nSPS) is 12.4. The van der Waals surface area contributed by atoms with Gasteiger partial charge in [0.25, 0.3) is 0 Å². The molecule has 1 aromatic heterocycles. The van der Waals surface area contributed by atoms with Crippen molar-refractivity contribution in [1.82, 2.24) is 10.4 Å². The fourth-order valence-corrected chi connectivity index (χ4v) is 2.27. The third kappa shape index (κ3) is 2.70. The summed E-state index contributed by atoms with van der Waals surface area (Å²) in [6.45, 7) is 0. The van der Waals surface area contributed by atoms with Crippen LogP contribution in [-0.2, 0) is 0 Å². The molecule has 3 N–H and O–H groups in total. The molecule has 0 aliphatic heterocycles. The summed E-state index contributed by atoms with van der Waals surface area (Å²) in [5, 5.41) is 0.336. The molecule has 1 heterocycles. The summed E-state index contributed by atoms with van der Waals surface area (Å²) in [6, 6.07) is 7.94. The molecule has 1 aromatic carbocycles. The predicted octanol–water partition coefficient (Wildman–Crippen LogP) is 3.19. The minimum Gasteiger partial charge on any atom is -0.271 e. The number of hydrogen-bond acceptors (Lipinski definition) is 3. The van der Waals surface area contributed by atoms with Gasteiger partial charge in [0, 0.05) is 11.8 Å². The van der Waals surface area contributed by atoms with Crippen LogP contribution >= 0.6 is 27.5 Å². The first kappa shape index (κ1) is 13.4. The lowest BCUT2D eigenvalue weighted by atomic mass is 10.00. The SMILES string of the molecule is NNC(c1ccnc(Cl)c1)c1cccc(Br)c1F. The van der Waals surface area contributed by atoms with E-state index in [0.717, 1.165) is 5.56 Å². The van der Waals surface area contributed by atoms with Crippen LogP contribution in [0.3, 0.4) is 0 Å². The first-order valence-corrected chi connectivity index (χ1v) is 6.32. The van der Waals surface area contributed by atoms with Crippen molar-refractivity contribution < 1.29 is 4.39 Å². The lowest BCUT2D eigenvalue weighted by molar-refractivity contribution is 0.555. The highest BCUT2D eigenvalue weighted by Crippen LogP contribution is 2.28. The van der Waals surface area contributed by atoms with Crippen molar-refractivity contribution in [3.8, 4) is 0 Å². The summed E-state index contributed by atoms with van der Waals surface area (Å²) < 4.78 is 14.4. The van der Waals surface area contributed by atoms with Crippen molar-refractivity contribution in [3.63, 3.8) is 0 Å². The third-order valence-corrected chi connectivity index (χ3v) is 3.36. The summed E-state index contributed by atoms with van der Waals surface area (Å²) in [7, 11) is 0. The van der Waals surface area contributed by atoms with Crippen LogP contribution < -0.4 is 11.3 Å². The molecule has 0 saturated carbocycles. The molecule has 0 aliphatic rings. The fraction of sp³-hybridized carbons (Fsp3) is 0.0833. The van der Waals surface area contributed by atoms with Crippen molar-refractivity contribution in [2.75, 3.05) is 0 Å². The monoisotopic (exact) mass is 329 g/mol. The number of halogens is 3. The maximum absolute atomic E-state index is 14.0. The van der Waals surface area contributed by atoms with Gasteiger partial charge in [0.15, 0.2) is 0 Å². The Morgan fingerprint density at radius 2 is 2.17 bits per heavy atom. The number of aromatic nitrogens is 1. The summed E-state index contributed by atoms with van der Waals surface area (Å²) >= 11 is 8.97. The number of nitrogens with zero attached hydrogens (tertiary/aromatic N) is 1. The van der Waals surface area contributed by atoms with Crippen LogP contribution in [0.2, 0.25) is 5.15 Å². The smallest absolute Gasteiger partial charge is 0.142 e. The molecule has 0 fully saturated rings. The summed E-state index contributed by atoms with van der Waals surface area (Å²) in [5.41, 5.74) is 3.77. The molecular weight excluding hydrogens is 321 g/mol. The van der Waals surface area contributed by atoms with Crippen molar-refractivity contribution in [2.24, 2.45) is 5.84 Å². The number of hydrazine groups is 1. The molecule has 0 amide bonds. The largest absolute Gasteiger partial charge is 0.271 e. The van der Waals surface area contributed by atoms with E-state index in [1.165, 1.54) is 0 Å². The van der Waals surface area contributed by atoms with Gasteiger partial charge in [0.1, 0.15) is 11.0 Å². The van der Waals surface area contributed by atoms with Gasteiger partial charge in [-0.25, -0.2) is 14.8 Å². The van der Waals surface area contributed by atoms with E-state index in [1.807, 2.05) is 0 Å². The Bertz CT molecular complexity index is 565. The molecule has 2 rings (SSSR count). The lowest BCUT2D eigenvalue weighted by Gasteiger charge is -2.18. The second-order valence-electron chi connectivity index (χ2n) is 3.65. The molecule has 1 unspecified atom stereocenters. The van der Waals surface area contributed by atoms with Crippen molar-refractivity contribution in [2.45, 2.75) is 6.04 Å². The first-order chi connectivity index (χ1) is 8.63. The maximum Gasteiger partial charge on any atom is 0.142 e. The molecular formula is C12H10BrClFN3. The van der Waals surface area contributed by atoms with Crippen molar-refractivity contribution in [1.29, 1.82) is 0 Å². The van der Waals surface area contributed by atoms with E-state index >= 15 is 0 Å². The topological polar surface area (TPSA) is 50.9 Å². The number of rotatable bonds is 3. The second-order valence-corrected chi connectivity index (χ2v) is 4.90. The summed E-state index contributed by atoms with van der Waals surface area (Å²) in [5.74, 6) is 5.16. The van der Waals surface area contributed by atoms with E-state index in [4.69, 9.17) is 17.4 Å². The van der Waals surface area contributed by atoms with Gasteiger partial charge in [0.05, 0.1) is 10.5 Å². The standard InChI is InChI=1S/C12H10BrClFN3/c13-9-3-1-2-8(11(9)15)12(18-16)7-4-5-17-10(14)6-7/h1-6,12,18H,16H2. The van der Waals surface area contributed by atoms with Gasteiger partial charge in [-0.15, -0.1) is 0 Å². The Hall–Kier alpha value is -1.01. The lowest BCUT2D eigenvalue weighted by Crippen LogP contribution is -2.29. The van der Waals surface area contributed by atoms with Gasteiger partial charge < -0.3 is 0 Å². The first-order valence-electron chi connectivity index (χ1n) is 5.15. The van der Waals surface area contributed by atoms with E-state index in [1.54, 1.807) is 36.5 Å². The van der Waals surface area contributed by atoms with Crippen LogP contribution in [-0.4, -0.2) is 4.98 Å². The van der Waals surface area contributed by atoms with Gasteiger partial charge >= 0.3 is 0 Å². The Morgan fingerprint density at radius 1 is 1.39 bits per heavy atom. The van der Waals surface area contributed by atoms with E-state index in [0.29, 0.717) is 15.2 Å². The molecule has 18 heavy (non-hydrogen) atoms. The highest BCUT2D eigenvalue weighted by Gasteiger charge is 2.18. The van der Waals surface area contributed by atoms with Gasteiger partial charge in [0.2, 0.25) is 0 Å². The van der Waals surface area contributed by atoms with Gasteiger partial charge in [-0.05, 0) is 39.7 Å². The Labute approximate surface area is 117 Å². The third-order valence-electron chi connectivity index (χ3n) is 2.54. The molecule has 0 aliphatic carbocycles. The second kappa shape index (κ2) is 5.75. The number of hydrogen-bond donors (Lipinski definition) is 2. The molecule has 1 atom stereocenters. The summed E-state index contributed by atoms with van der Waals surface area (Å²) in [6.07, 6.45) is 1.55. The van der Waals surface area contributed by atoms with E-state index < -0.39 is 6.04 Å². The van der Waals surface area contributed by atoms with Crippen molar-refractivity contribution >= 4 is 27.5 Å². The molecule has 0 bridgehead atoms. The van der Waals surface area contributed by atoms with Crippen LogP contribution in [0.25, 0.3) is 0 Å². The highest BCUT2D eigenvalue weighted by molar-refractivity contribution is 9.10. The highest BCUT2D eigenvalue weighted by atomic mass is 79.9. The van der Waals surface area contributed by atoms with Crippen LogP contribution in [0, 0.1) is 5.82 Å². The Morgan fingerprint density at radius 3 is 2.83 bits per heavy atom. The molecule has 0 saturated heterocycles. The summed E-state index contributed by atoms with van der Waals surface area (Å²) in [4.78, 5) is 3.88. The molecule has 0 spiro atoms. The van der Waals surface area contributed by atoms with E-state index in [9.17, 15) is 4.39 Å². The zero-order valence-electron chi connectivity index (χ0n) is 9.20. The van der Waals surface area contributed by atoms with E-state index in [2.05, 4.69) is 26.3 Å². The molecule has 6 heteroatoms. The minimum absolute atomic E-state index is 0.336. The van der Waals surface area contributed by atoms with Gasteiger partial charge in [-0.3, -0.25) is 5.84 Å². The number of nitrogens with two attached hydrogens (primary N) is 1. The molecule has 94 valence electrons. The van der Waals surface area contributed by atoms with Crippen LogP contribution in [0.5, 0.6) is 0 Å². The van der Waals surface area contributed by atoms with Crippen LogP contribution in [0.1, 0.15) is 17.2 Å². The molecule has 3 nitrogen and oxygen atoms in total. The quantitative estimate of drug-likeness (QED) is 0.516. The molecule has 2 aromatic rings. The number of nitrogens with one attached hydrogen (secondary N) is 1. The van der Waals surface area contributed by atoms with Crippen LogP contribution in [0.4, 0.5) is 4.39 Å². The van der Waals surface area contributed by atoms with E-state index in [-0.39, 0.29) is 5.82 Å². The van der Waals surface area contributed by atoms with Gasteiger partial charge in [-0.2, -0.15) is 0 Å². The zero-order valence-corrected chi connectivity index (χ0v) is 11.5. The Balaban J connectivity index is 2.49. The number of benzene rings is 1. The Kier molecular flexibility index (Phi) is 4.29. The fourth-order valence-electron chi connectivity index (χ4n) is 1.71. The maximum atomic E-state index is 14.0.